The van der Waals surface area contributed by atoms with Gasteiger partial charge in [-0.1, -0.05) is 41.3 Å². The highest BCUT2D eigenvalue weighted by Crippen LogP contribution is 2.37. The molecule has 1 saturated carbocycles. The van der Waals surface area contributed by atoms with Gasteiger partial charge in [-0.25, -0.2) is 4.39 Å². The molecule has 1 fully saturated rings. The first kappa shape index (κ1) is 12.1. The summed E-state index contributed by atoms with van der Waals surface area (Å²) in [6, 6.07) is 5.21. The van der Waals surface area contributed by atoms with Crippen molar-refractivity contribution >= 4 is 15.9 Å². The van der Waals surface area contributed by atoms with Gasteiger partial charge in [0.2, 0.25) is 0 Å². The Morgan fingerprint density at radius 3 is 2.69 bits per heavy atom. The Balaban J connectivity index is 2.27. The standard InChI is InChI=1S/C14H18BrF/c1-10-9-11(16)7-8-12(10)13-5-3-2-4-6-14(13)15/h7-9,13-14H,2-6H2,1H3. The van der Waals surface area contributed by atoms with Crippen molar-refractivity contribution in [2.75, 3.05) is 0 Å². The first-order chi connectivity index (χ1) is 7.68. The van der Waals surface area contributed by atoms with Gasteiger partial charge >= 0.3 is 0 Å². The van der Waals surface area contributed by atoms with E-state index in [9.17, 15) is 4.39 Å². The lowest BCUT2D eigenvalue weighted by Crippen LogP contribution is -2.12. The van der Waals surface area contributed by atoms with Gasteiger partial charge < -0.3 is 0 Å². The quantitative estimate of drug-likeness (QED) is 0.506. The molecule has 1 aromatic carbocycles. The minimum atomic E-state index is -0.124. The lowest BCUT2D eigenvalue weighted by Gasteiger charge is -2.22. The minimum Gasteiger partial charge on any atom is -0.207 e. The predicted molar refractivity (Wildman–Crippen MR) is 69.7 cm³/mol. The van der Waals surface area contributed by atoms with E-state index in [4.69, 9.17) is 0 Å². The SMILES string of the molecule is Cc1cc(F)ccc1C1CCCCCC1Br. The summed E-state index contributed by atoms with van der Waals surface area (Å²) in [5, 5.41) is 0. The molecule has 1 aliphatic rings. The molecule has 0 N–H and O–H groups in total. The van der Waals surface area contributed by atoms with Crippen molar-refractivity contribution in [1.29, 1.82) is 0 Å². The summed E-state index contributed by atoms with van der Waals surface area (Å²) >= 11 is 3.80. The molecule has 16 heavy (non-hydrogen) atoms. The fourth-order valence-corrected chi connectivity index (χ4v) is 3.54. The van der Waals surface area contributed by atoms with Gasteiger partial charge in [0.1, 0.15) is 5.82 Å². The van der Waals surface area contributed by atoms with Crippen LogP contribution in [0.5, 0.6) is 0 Å². The van der Waals surface area contributed by atoms with Crippen molar-refractivity contribution in [3.63, 3.8) is 0 Å². The summed E-state index contributed by atoms with van der Waals surface area (Å²) in [7, 11) is 0. The van der Waals surface area contributed by atoms with Gasteiger partial charge in [-0.15, -0.1) is 0 Å². The van der Waals surface area contributed by atoms with E-state index in [1.165, 1.54) is 37.7 Å². The molecule has 0 bridgehead atoms. The molecule has 2 atom stereocenters. The summed E-state index contributed by atoms with van der Waals surface area (Å²) in [5.74, 6) is 0.434. The predicted octanol–water partition coefficient (Wildman–Crippen LogP) is 4.95. The van der Waals surface area contributed by atoms with E-state index in [0.29, 0.717) is 10.7 Å². The summed E-state index contributed by atoms with van der Waals surface area (Å²) in [5.41, 5.74) is 2.42. The van der Waals surface area contributed by atoms with Crippen molar-refractivity contribution in [1.82, 2.24) is 0 Å². The van der Waals surface area contributed by atoms with Crippen LogP contribution in [0.4, 0.5) is 4.39 Å². The largest absolute Gasteiger partial charge is 0.207 e. The summed E-state index contributed by atoms with van der Waals surface area (Å²) in [6.07, 6.45) is 6.40. The zero-order chi connectivity index (χ0) is 11.5. The second-order valence-electron chi connectivity index (χ2n) is 4.76. The van der Waals surface area contributed by atoms with Crippen molar-refractivity contribution in [3.05, 3.63) is 35.1 Å². The van der Waals surface area contributed by atoms with E-state index in [1.54, 1.807) is 12.1 Å². The Labute approximate surface area is 105 Å². The lowest BCUT2D eigenvalue weighted by atomic mass is 9.89. The third kappa shape index (κ3) is 2.65. The molecule has 0 aromatic heterocycles. The summed E-state index contributed by atoms with van der Waals surface area (Å²) in [6.45, 7) is 2.02. The molecule has 1 aromatic rings. The first-order valence-corrected chi connectivity index (χ1v) is 7.00. The van der Waals surface area contributed by atoms with Crippen LogP contribution in [0.15, 0.2) is 18.2 Å². The van der Waals surface area contributed by atoms with Crippen LogP contribution in [0.2, 0.25) is 0 Å². The van der Waals surface area contributed by atoms with Gasteiger partial charge in [0, 0.05) is 4.83 Å². The number of rotatable bonds is 1. The van der Waals surface area contributed by atoms with Gasteiger partial charge in [-0.2, -0.15) is 0 Å². The molecule has 0 heterocycles. The van der Waals surface area contributed by atoms with E-state index in [0.717, 1.165) is 5.56 Å². The van der Waals surface area contributed by atoms with Crippen molar-refractivity contribution in [3.8, 4) is 0 Å². The van der Waals surface area contributed by atoms with E-state index in [-0.39, 0.29) is 5.82 Å². The zero-order valence-electron chi connectivity index (χ0n) is 9.68. The molecule has 0 amide bonds. The molecule has 1 aliphatic carbocycles. The second kappa shape index (κ2) is 5.31. The van der Waals surface area contributed by atoms with Gasteiger partial charge in [0.15, 0.2) is 0 Å². The highest BCUT2D eigenvalue weighted by Gasteiger charge is 2.24. The Kier molecular flexibility index (Phi) is 4.01. The molecule has 2 rings (SSSR count). The van der Waals surface area contributed by atoms with E-state index < -0.39 is 0 Å². The summed E-state index contributed by atoms with van der Waals surface area (Å²) in [4.78, 5) is 0.555. The highest BCUT2D eigenvalue weighted by atomic mass is 79.9. The number of alkyl halides is 1. The van der Waals surface area contributed by atoms with Crippen molar-refractivity contribution < 1.29 is 4.39 Å². The maximum atomic E-state index is 13.1. The molecule has 0 radical (unpaired) electrons. The Morgan fingerprint density at radius 1 is 1.19 bits per heavy atom. The molecule has 2 unspecified atom stereocenters. The van der Waals surface area contributed by atoms with Gasteiger partial charge in [-0.3, -0.25) is 0 Å². The third-order valence-electron chi connectivity index (χ3n) is 3.56. The van der Waals surface area contributed by atoms with Crippen LogP contribution in [0, 0.1) is 12.7 Å². The minimum absolute atomic E-state index is 0.124. The first-order valence-electron chi connectivity index (χ1n) is 6.08. The van der Waals surface area contributed by atoms with E-state index in [2.05, 4.69) is 15.9 Å². The fourth-order valence-electron chi connectivity index (χ4n) is 2.67. The van der Waals surface area contributed by atoms with E-state index >= 15 is 0 Å². The average Bonchev–Trinajstić information content (AvgIpc) is 2.44. The van der Waals surface area contributed by atoms with Crippen LogP contribution >= 0.6 is 15.9 Å². The fraction of sp³-hybridized carbons (Fsp3) is 0.571. The normalized spacial score (nSPS) is 26.4. The topological polar surface area (TPSA) is 0 Å². The van der Waals surface area contributed by atoms with Crippen LogP contribution in [-0.2, 0) is 0 Å². The zero-order valence-corrected chi connectivity index (χ0v) is 11.3. The third-order valence-corrected chi connectivity index (χ3v) is 4.66. The van der Waals surface area contributed by atoms with Crippen LogP contribution in [0.1, 0.15) is 49.1 Å². The molecule has 88 valence electrons. The van der Waals surface area contributed by atoms with Gasteiger partial charge in [0.25, 0.3) is 0 Å². The molecule has 2 heteroatoms. The molecule has 0 saturated heterocycles. The highest BCUT2D eigenvalue weighted by molar-refractivity contribution is 9.09. The second-order valence-corrected chi connectivity index (χ2v) is 5.94. The van der Waals surface area contributed by atoms with Crippen LogP contribution in [0.25, 0.3) is 0 Å². The van der Waals surface area contributed by atoms with Crippen molar-refractivity contribution in [2.45, 2.75) is 49.8 Å². The van der Waals surface area contributed by atoms with Crippen LogP contribution < -0.4 is 0 Å². The monoisotopic (exact) mass is 284 g/mol. The van der Waals surface area contributed by atoms with Crippen molar-refractivity contribution in [2.24, 2.45) is 0 Å². The number of aryl methyl sites for hydroxylation is 1. The van der Waals surface area contributed by atoms with E-state index in [1.807, 2.05) is 13.0 Å². The lowest BCUT2D eigenvalue weighted by molar-refractivity contribution is 0.598. The Bertz CT molecular complexity index is 362. The maximum Gasteiger partial charge on any atom is 0.123 e. The Hall–Kier alpha value is -0.370. The average molecular weight is 285 g/mol. The summed E-state index contributed by atoms with van der Waals surface area (Å²) < 4.78 is 13.1. The number of hydrogen-bond donors (Lipinski definition) is 0. The maximum absolute atomic E-state index is 13.1. The molecule has 0 nitrogen and oxygen atoms in total. The molecule has 0 aliphatic heterocycles. The Morgan fingerprint density at radius 2 is 1.94 bits per heavy atom. The van der Waals surface area contributed by atoms with Gasteiger partial charge in [-0.05, 0) is 48.9 Å². The molecular formula is C14H18BrF. The molecular weight excluding hydrogens is 267 g/mol. The number of hydrogen-bond acceptors (Lipinski definition) is 0. The van der Waals surface area contributed by atoms with Crippen LogP contribution in [-0.4, -0.2) is 4.83 Å². The van der Waals surface area contributed by atoms with Crippen LogP contribution in [0.3, 0.4) is 0 Å². The number of benzene rings is 1. The smallest absolute Gasteiger partial charge is 0.123 e. The van der Waals surface area contributed by atoms with Gasteiger partial charge in [0.05, 0.1) is 0 Å². The number of halogens is 2. The molecule has 0 spiro atoms.